The third-order valence-corrected chi connectivity index (χ3v) is 3.98. The highest BCUT2D eigenvalue weighted by Gasteiger charge is 2.21. The second-order valence-electron chi connectivity index (χ2n) is 3.98. The molecule has 0 amide bonds. The van der Waals surface area contributed by atoms with Gasteiger partial charge in [-0.15, -0.1) is 0 Å². The maximum atomic E-state index is 6.15. The van der Waals surface area contributed by atoms with E-state index in [1.54, 1.807) is 0 Å². The summed E-state index contributed by atoms with van der Waals surface area (Å²) in [6.45, 7) is 0.823. The Bertz CT molecular complexity index is 324. The van der Waals surface area contributed by atoms with Crippen LogP contribution in [0.4, 0.5) is 0 Å². The number of hydrogen-bond acceptors (Lipinski definition) is 3. The molecule has 1 heterocycles. The van der Waals surface area contributed by atoms with Gasteiger partial charge in [-0.2, -0.15) is 11.8 Å². The first-order valence-corrected chi connectivity index (χ1v) is 6.98. The molecule has 2 unspecified atom stereocenters. The molecular weight excluding hydrogens is 242 g/mol. The standard InChI is InChI=1S/C12H16ClNOS/c13-10-3-1-9(2-4-10)7-11(14)12-8-16-6-5-15-12/h1-4,11-12H,5-8,14H2. The molecule has 4 heteroatoms. The van der Waals surface area contributed by atoms with Gasteiger partial charge in [0.05, 0.1) is 12.7 Å². The van der Waals surface area contributed by atoms with Crippen molar-refractivity contribution >= 4 is 23.4 Å². The van der Waals surface area contributed by atoms with Crippen molar-refractivity contribution in [2.24, 2.45) is 5.73 Å². The Hall–Kier alpha value is -0.220. The zero-order valence-electron chi connectivity index (χ0n) is 9.06. The number of benzene rings is 1. The highest BCUT2D eigenvalue weighted by molar-refractivity contribution is 7.99. The van der Waals surface area contributed by atoms with Gasteiger partial charge in [0.25, 0.3) is 0 Å². The average molecular weight is 258 g/mol. The van der Waals surface area contributed by atoms with Crippen molar-refractivity contribution in [2.45, 2.75) is 18.6 Å². The lowest BCUT2D eigenvalue weighted by atomic mass is 10.0. The number of hydrogen-bond donors (Lipinski definition) is 1. The fraction of sp³-hybridized carbons (Fsp3) is 0.500. The van der Waals surface area contributed by atoms with Crippen molar-refractivity contribution in [1.29, 1.82) is 0 Å². The van der Waals surface area contributed by atoms with Gasteiger partial charge in [-0.1, -0.05) is 23.7 Å². The van der Waals surface area contributed by atoms with Gasteiger partial charge in [0.2, 0.25) is 0 Å². The molecule has 1 aliphatic rings. The van der Waals surface area contributed by atoms with E-state index in [0.29, 0.717) is 0 Å². The molecule has 0 spiro atoms. The van der Waals surface area contributed by atoms with Crippen molar-refractivity contribution in [3.8, 4) is 0 Å². The molecule has 0 radical (unpaired) electrons. The quantitative estimate of drug-likeness (QED) is 0.903. The Morgan fingerprint density at radius 3 is 2.81 bits per heavy atom. The Balaban J connectivity index is 1.90. The van der Waals surface area contributed by atoms with Crippen LogP contribution in [0.15, 0.2) is 24.3 Å². The van der Waals surface area contributed by atoms with Gasteiger partial charge in [-0.3, -0.25) is 0 Å². The Labute approximate surface area is 105 Å². The lowest BCUT2D eigenvalue weighted by Gasteiger charge is -2.27. The zero-order valence-corrected chi connectivity index (χ0v) is 10.6. The van der Waals surface area contributed by atoms with Crippen LogP contribution in [0.1, 0.15) is 5.56 Å². The predicted octanol–water partition coefficient (Wildman–Crippen LogP) is 2.34. The largest absolute Gasteiger partial charge is 0.375 e. The van der Waals surface area contributed by atoms with Gasteiger partial charge < -0.3 is 10.5 Å². The van der Waals surface area contributed by atoms with Gasteiger partial charge >= 0.3 is 0 Å². The first-order chi connectivity index (χ1) is 7.75. The highest BCUT2D eigenvalue weighted by atomic mass is 35.5. The van der Waals surface area contributed by atoms with Gasteiger partial charge in [0, 0.05) is 22.6 Å². The summed E-state index contributed by atoms with van der Waals surface area (Å²) in [6, 6.07) is 7.94. The van der Waals surface area contributed by atoms with E-state index >= 15 is 0 Å². The number of ether oxygens (including phenoxy) is 1. The number of halogens is 1. The molecule has 0 bridgehead atoms. The Kier molecular flexibility index (Phi) is 4.53. The van der Waals surface area contributed by atoms with Gasteiger partial charge in [0.1, 0.15) is 0 Å². The van der Waals surface area contributed by atoms with E-state index < -0.39 is 0 Å². The Morgan fingerprint density at radius 2 is 2.19 bits per heavy atom. The minimum Gasteiger partial charge on any atom is -0.375 e. The molecule has 1 aromatic carbocycles. The SMILES string of the molecule is NC(Cc1ccc(Cl)cc1)C1CSCCO1. The van der Waals surface area contributed by atoms with Crippen molar-refractivity contribution < 1.29 is 4.74 Å². The van der Waals surface area contributed by atoms with Crippen LogP contribution in [-0.4, -0.2) is 30.3 Å². The van der Waals surface area contributed by atoms with E-state index in [9.17, 15) is 0 Å². The summed E-state index contributed by atoms with van der Waals surface area (Å²) in [5, 5.41) is 0.766. The third kappa shape index (κ3) is 3.39. The van der Waals surface area contributed by atoms with Crippen LogP contribution in [0.2, 0.25) is 5.02 Å². The van der Waals surface area contributed by atoms with E-state index in [1.165, 1.54) is 5.56 Å². The normalized spacial score (nSPS) is 23.0. The van der Waals surface area contributed by atoms with Crippen LogP contribution in [0.5, 0.6) is 0 Å². The first kappa shape index (κ1) is 12.2. The molecule has 16 heavy (non-hydrogen) atoms. The highest BCUT2D eigenvalue weighted by Crippen LogP contribution is 2.17. The first-order valence-electron chi connectivity index (χ1n) is 5.45. The fourth-order valence-corrected chi connectivity index (χ4v) is 2.86. The van der Waals surface area contributed by atoms with Gasteiger partial charge in [0.15, 0.2) is 0 Å². The maximum absolute atomic E-state index is 6.15. The van der Waals surface area contributed by atoms with Crippen LogP contribution >= 0.6 is 23.4 Å². The summed E-state index contributed by atoms with van der Waals surface area (Å²) in [6.07, 6.45) is 1.04. The van der Waals surface area contributed by atoms with Crippen molar-refractivity contribution in [3.63, 3.8) is 0 Å². The zero-order chi connectivity index (χ0) is 11.4. The van der Waals surface area contributed by atoms with Crippen molar-refractivity contribution in [1.82, 2.24) is 0 Å². The minimum absolute atomic E-state index is 0.0778. The monoisotopic (exact) mass is 257 g/mol. The smallest absolute Gasteiger partial charge is 0.0819 e. The Morgan fingerprint density at radius 1 is 1.44 bits per heavy atom. The lowest BCUT2D eigenvalue weighted by molar-refractivity contribution is 0.0572. The molecule has 1 aromatic rings. The van der Waals surface area contributed by atoms with Crippen LogP contribution in [0, 0.1) is 0 Å². The second-order valence-corrected chi connectivity index (χ2v) is 5.56. The fourth-order valence-electron chi connectivity index (χ4n) is 1.78. The third-order valence-electron chi connectivity index (χ3n) is 2.70. The minimum atomic E-state index is 0.0778. The van der Waals surface area contributed by atoms with Crippen LogP contribution in [0.25, 0.3) is 0 Å². The van der Waals surface area contributed by atoms with Gasteiger partial charge in [-0.05, 0) is 24.1 Å². The van der Waals surface area contributed by atoms with Crippen LogP contribution in [-0.2, 0) is 11.2 Å². The summed E-state index contributed by atoms with van der Waals surface area (Å²) in [5.41, 5.74) is 7.37. The van der Waals surface area contributed by atoms with Gasteiger partial charge in [-0.25, -0.2) is 0 Å². The predicted molar refractivity (Wildman–Crippen MR) is 70.2 cm³/mol. The molecule has 1 aliphatic heterocycles. The number of nitrogens with two attached hydrogens (primary N) is 1. The molecule has 1 saturated heterocycles. The molecule has 2 rings (SSSR count). The molecular formula is C12H16ClNOS. The summed E-state index contributed by atoms with van der Waals surface area (Å²) >= 11 is 7.76. The molecule has 2 atom stereocenters. The molecule has 0 aliphatic carbocycles. The van der Waals surface area contributed by atoms with Crippen molar-refractivity contribution in [2.75, 3.05) is 18.1 Å². The average Bonchev–Trinajstić information content (AvgIpc) is 2.33. The van der Waals surface area contributed by atoms with E-state index in [0.717, 1.165) is 29.6 Å². The molecule has 88 valence electrons. The van der Waals surface area contributed by atoms with Crippen LogP contribution in [0.3, 0.4) is 0 Å². The second kappa shape index (κ2) is 5.92. The molecule has 2 N–H and O–H groups in total. The summed E-state index contributed by atoms with van der Waals surface area (Å²) in [4.78, 5) is 0. The maximum Gasteiger partial charge on any atom is 0.0819 e. The van der Waals surface area contributed by atoms with E-state index in [4.69, 9.17) is 22.1 Å². The summed E-state index contributed by atoms with van der Waals surface area (Å²) < 4.78 is 5.66. The summed E-state index contributed by atoms with van der Waals surface area (Å²) in [5.74, 6) is 2.10. The topological polar surface area (TPSA) is 35.2 Å². The lowest BCUT2D eigenvalue weighted by Crippen LogP contribution is -2.42. The number of rotatable bonds is 3. The van der Waals surface area contributed by atoms with E-state index in [2.05, 4.69) is 0 Å². The molecule has 0 aromatic heterocycles. The van der Waals surface area contributed by atoms with E-state index in [1.807, 2.05) is 36.0 Å². The van der Waals surface area contributed by atoms with E-state index in [-0.39, 0.29) is 12.1 Å². The van der Waals surface area contributed by atoms with Crippen LogP contribution < -0.4 is 5.73 Å². The molecule has 1 fully saturated rings. The number of thioether (sulfide) groups is 1. The molecule has 0 saturated carbocycles. The molecule has 2 nitrogen and oxygen atoms in total. The summed E-state index contributed by atoms with van der Waals surface area (Å²) in [7, 11) is 0. The van der Waals surface area contributed by atoms with Crippen molar-refractivity contribution in [3.05, 3.63) is 34.9 Å².